The summed E-state index contributed by atoms with van der Waals surface area (Å²) in [5.41, 5.74) is 3.52. The van der Waals surface area contributed by atoms with E-state index in [1.807, 2.05) is 44.2 Å². The molecule has 0 aliphatic heterocycles. The molecule has 4 aromatic rings. The summed E-state index contributed by atoms with van der Waals surface area (Å²) < 4.78 is 6.84. The van der Waals surface area contributed by atoms with E-state index in [0.29, 0.717) is 40.4 Å². The summed E-state index contributed by atoms with van der Waals surface area (Å²) in [4.78, 5) is 25.4. The van der Waals surface area contributed by atoms with Crippen LogP contribution < -0.4 is 20.3 Å². The highest BCUT2D eigenvalue weighted by molar-refractivity contribution is 6.12. The second-order valence-electron chi connectivity index (χ2n) is 9.50. The predicted octanol–water partition coefficient (Wildman–Crippen LogP) is 2.69. The van der Waals surface area contributed by atoms with E-state index in [0.717, 1.165) is 22.2 Å². The first-order valence-corrected chi connectivity index (χ1v) is 12.5. The van der Waals surface area contributed by atoms with Gasteiger partial charge in [0.2, 0.25) is 11.9 Å². The first kappa shape index (κ1) is 28.6. The minimum absolute atomic E-state index is 0.259. The number of aliphatic hydroxyl groups is 2. The summed E-state index contributed by atoms with van der Waals surface area (Å²) in [6, 6.07) is 12.5. The van der Waals surface area contributed by atoms with Gasteiger partial charge >= 0.3 is 0 Å². The van der Waals surface area contributed by atoms with E-state index in [2.05, 4.69) is 32.1 Å². The Hall–Kier alpha value is -4.39. The Balaban J connectivity index is 1.74. The molecule has 11 nitrogen and oxygen atoms in total. The summed E-state index contributed by atoms with van der Waals surface area (Å²) in [6.45, 7) is 5.08. The first-order valence-electron chi connectivity index (χ1n) is 12.5. The van der Waals surface area contributed by atoms with E-state index in [1.165, 1.54) is 12.3 Å². The second kappa shape index (κ2) is 11.8. The van der Waals surface area contributed by atoms with Crippen LogP contribution in [0.1, 0.15) is 0 Å². The second-order valence-corrected chi connectivity index (χ2v) is 9.50. The van der Waals surface area contributed by atoms with Gasteiger partial charge in [-0.25, -0.2) is 9.97 Å². The number of ether oxygens (including phenoxy) is 1. The predicted molar refractivity (Wildman–Crippen MR) is 158 cm³/mol. The maximum atomic E-state index is 12.2. The third-order valence-electron chi connectivity index (χ3n) is 6.30. The largest absolute Gasteiger partial charge is 0.494 e. The molecular weight excluding hydrogens is 509 g/mol. The monoisotopic (exact) mass is 541 g/mol. The molecule has 4 rings (SSSR count). The number of hydrogen-bond acceptors (Lipinski definition) is 9. The molecule has 0 bridgehead atoms. The molecule has 40 heavy (non-hydrogen) atoms. The van der Waals surface area contributed by atoms with E-state index in [-0.39, 0.29) is 11.9 Å². The van der Waals surface area contributed by atoms with Crippen LogP contribution in [-0.2, 0) is 10.6 Å². The van der Waals surface area contributed by atoms with Gasteiger partial charge in [0.25, 0.3) is 0 Å². The number of likely N-dealkylation sites (N-methyl/N-ethyl adjacent to an activating group) is 2. The van der Waals surface area contributed by atoms with Crippen LogP contribution in [0.5, 0.6) is 5.75 Å². The number of hydrogen-bond donors (Lipinski definition) is 4. The van der Waals surface area contributed by atoms with Gasteiger partial charge < -0.3 is 40.0 Å². The number of benzene rings is 2. The number of methoxy groups -OCH3 is 1. The van der Waals surface area contributed by atoms with Crippen LogP contribution in [0.15, 0.2) is 67.5 Å². The summed E-state index contributed by atoms with van der Waals surface area (Å²) in [5, 5.41) is 26.9. The standard InChI is InChI=1S/C28H32BN7O4/c1-6-26(37)31-21-15-22(25(40-5)16-24(21)35(4)14-13-34(2)3)33-27-30-12-11-20(32-27)19-17-36(28(29,38)39)23-10-8-7-9-18(19)23/h6-12,15-17,38-39H,1,13-14H2,2-5H3,(H,31,37)(H,30,32,33). The van der Waals surface area contributed by atoms with Gasteiger partial charge in [0.1, 0.15) is 5.75 Å². The highest BCUT2D eigenvalue weighted by Gasteiger charge is 2.23. The van der Waals surface area contributed by atoms with Crippen molar-refractivity contribution in [3.8, 4) is 17.0 Å². The fourth-order valence-electron chi connectivity index (χ4n) is 4.25. The van der Waals surface area contributed by atoms with Crippen LogP contribution in [0.4, 0.5) is 23.0 Å². The number of carbonyl (C=O) groups is 1. The maximum Gasteiger partial charge on any atom is 0.247 e. The van der Waals surface area contributed by atoms with Crippen molar-refractivity contribution < 1.29 is 19.7 Å². The zero-order valence-corrected chi connectivity index (χ0v) is 22.9. The van der Waals surface area contributed by atoms with E-state index >= 15 is 0 Å². The van der Waals surface area contributed by atoms with Crippen molar-refractivity contribution in [2.45, 2.75) is 5.81 Å². The lowest BCUT2D eigenvalue weighted by Gasteiger charge is -2.26. The van der Waals surface area contributed by atoms with Gasteiger partial charge in [0, 0.05) is 49.5 Å². The molecule has 0 fully saturated rings. The molecule has 0 aliphatic rings. The number of nitrogens with zero attached hydrogens (tertiary/aromatic N) is 5. The van der Waals surface area contributed by atoms with Crippen LogP contribution in [0.25, 0.3) is 22.2 Å². The molecule has 0 atom stereocenters. The molecule has 0 saturated heterocycles. The van der Waals surface area contributed by atoms with Crippen molar-refractivity contribution in [2.75, 3.05) is 56.9 Å². The van der Waals surface area contributed by atoms with Crippen LogP contribution in [0, 0.1) is 0 Å². The Morgan fingerprint density at radius 3 is 2.60 bits per heavy atom. The summed E-state index contributed by atoms with van der Waals surface area (Å²) >= 11 is 0. The number of aromatic nitrogens is 3. The zero-order valence-electron chi connectivity index (χ0n) is 22.9. The number of nitrogens with one attached hydrogen (secondary N) is 2. The Kier molecular flexibility index (Phi) is 8.43. The maximum absolute atomic E-state index is 12.2. The van der Waals surface area contributed by atoms with Crippen LogP contribution in [0.2, 0.25) is 0 Å². The van der Waals surface area contributed by atoms with Gasteiger partial charge in [-0.05, 0) is 38.4 Å². The Bertz CT molecular complexity index is 1530. The Morgan fingerprint density at radius 1 is 1.18 bits per heavy atom. The SMILES string of the molecule is [B]C(O)(O)n1cc(-c2ccnc(Nc3cc(NC(=O)C=C)c(N(C)CCN(C)C)cc3OC)n2)c2ccccc21. The normalized spacial score (nSPS) is 11.5. The van der Waals surface area contributed by atoms with Gasteiger partial charge in [-0.1, -0.05) is 24.8 Å². The van der Waals surface area contributed by atoms with E-state index in [4.69, 9.17) is 12.6 Å². The first-order chi connectivity index (χ1) is 19.0. The number of para-hydroxylation sites is 1. The number of anilines is 4. The fourth-order valence-corrected chi connectivity index (χ4v) is 4.25. The third-order valence-corrected chi connectivity index (χ3v) is 6.30. The van der Waals surface area contributed by atoms with Crippen molar-refractivity contribution in [1.29, 1.82) is 0 Å². The minimum atomic E-state index is -2.59. The molecular formula is C28H32BN7O4. The molecule has 2 aromatic carbocycles. The summed E-state index contributed by atoms with van der Waals surface area (Å²) in [5.74, 6) is -2.17. The number of fused-ring (bicyclic) bond motifs is 1. The van der Waals surface area contributed by atoms with E-state index in [1.54, 1.807) is 37.6 Å². The fraction of sp³-hybridized carbons (Fsp3) is 0.250. The van der Waals surface area contributed by atoms with Gasteiger partial charge in [-0.2, -0.15) is 0 Å². The van der Waals surface area contributed by atoms with E-state index in [9.17, 15) is 15.0 Å². The summed E-state index contributed by atoms with van der Waals surface area (Å²) in [7, 11) is 13.1. The number of carbonyl (C=O) groups excluding carboxylic acids is 1. The molecule has 0 spiro atoms. The summed E-state index contributed by atoms with van der Waals surface area (Å²) in [6.07, 6.45) is 4.32. The topological polar surface area (TPSA) is 128 Å². The molecule has 4 N–H and O–H groups in total. The lowest BCUT2D eigenvalue weighted by atomic mass is 10.0. The highest BCUT2D eigenvalue weighted by atomic mass is 16.5. The molecule has 0 aliphatic carbocycles. The van der Waals surface area contributed by atoms with E-state index < -0.39 is 5.81 Å². The smallest absolute Gasteiger partial charge is 0.247 e. The molecule has 1 amide bonds. The molecule has 0 saturated carbocycles. The third kappa shape index (κ3) is 6.25. The zero-order chi connectivity index (χ0) is 29.0. The molecule has 206 valence electrons. The highest BCUT2D eigenvalue weighted by Crippen LogP contribution is 2.38. The number of amides is 1. The van der Waals surface area contributed by atoms with Crippen molar-refractivity contribution in [3.63, 3.8) is 0 Å². The van der Waals surface area contributed by atoms with Crippen LogP contribution >= 0.6 is 0 Å². The van der Waals surface area contributed by atoms with Crippen LogP contribution in [0.3, 0.4) is 0 Å². The Morgan fingerprint density at radius 2 is 1.93 bits per heavy atom. The molecule has 2 radical (unpaired) electrons. The lowest BCUT2D eigenvalue weighted by Crippen LogP contribution is -2.32. The average Bonchev–Trinajstić information content (AvgIpc) is 3.32. The lowest BCUT2D eigenvalue weighted by molar-refractivity contribution is -0.148. The molecule has 12 heteroatoms. The number of rotatable bonds is 11. The van der Waals surface area contributed by atoms with Crippen molar-refractivity contribution >= 4 is 47.7 Å². The van der Waals surface area contributed by atoms with Gasteiger partial charge in [0.15, 0.2) is 13.7 Å². The Labute approximate surface area is 234 Å². The molecule has 2 aromatic heterocycles. The average molecular weight is 541 g/mol. The van der Waals surface area contributed by atoms with Gasteiger partial charge in [0.05, 0.1) is 35.4 Å². The molecule has 2 heterocycles. The minimum Gasteiger partial charge on any atom is -0.494 e. The molecule has 0 unspecified atom stereocenters. The van der Waals surface area contributed by atoms with Crippen molar-refractivity contribution in [1.82, 2.24) is 19.4 Å². The van der Waals surface area contributed by atoms with Crippen molar-refractivity contribution in [2.24, 2.45) is 0 Å². The van der Waals surface area contributed by atoms with Crippen LogP contribution in [-0.4, -0.2) is 84.7 Å². The van der Waals surface area contributed by atoms with Gasteiger partial charge in [-0.3, -0.25) is 4.79 Å². The quantitative estimate of drug-likeness (QED) is 0.129. The van der Waals surface area contributed by atoms with Crippen molar-refractivity contribution in [3.05, 3.63) is 67.5 Å². The van der Waals surface area contributed by atoms with Gasteiger partial charge in [-0.15, -0.1) is 0 Å².